The summed E-state index contributed by atoms with van der Waals surface area (Å²) in [4.78, 5) is 16.0. The van der Waals surface area contributed by atoms with Gasteiger partial charge in [0.15, 0.2) is 0 Å². The van der Waals surface area contributed by atoms with Crippen LogP contribution in [0.2, 0.25) is 0 Å². The van der Waals surface area contributed by atoms with Gasteiger partial charge in [0.2, 0.25) is 0 Å². The lowest BCUT2D eigenvalue weighted by Crippen LogP contribution is -2.02. The molecular formula is C14H17N3O3S. The van der Waals surface area contributed by atoms with Crippen molar-refractivity contribution in [2.24, 2.45) is 5.73 Å². The Morgan fingerprint density at radius 2 is 2.05 bits per heavy atom. The minimum absolute atomic E-state index is 0.0777. The fourth-order valence-electron chi connectivity index (χ4n) is 1.96. The second-order valence-corrected chi connectivity index (χ2v) is 5.63. The molecule has 1 heterocycles. The molecule has 0 spiro atoms. The Morgan fingerprint density at radius 1 is 1.33 bits per heavy atom. The Morgan fingerprint density at radius 3 is 2.62 bits per heavy atom. The lowest BCUT2D eigenvalue weighted by atomic mass is 10.1. The number of nitro benzene ring substituents is 1. The highest BCUT2D eigenvalue weighted by Gasteiger charge is 2.14. The summed E-state index contributed by atoms with van der Waals surface area (Å²) < 4.78 is 5.07. The summed E-state index contributed by atoms with van der Waals surface area (Å²) >= 11 is 1.62. The standard InChI is InChI=1S/C14H17N3O3S/c1-20-9-7-13-16-14(12(21-13)6-8-15)10-2-4-11(5-3-10)17(18)19/h2-5H,6-9,15H2,1H3. The van der Waals surface area contributed by atoms with Gasteiger partial charge in [-0.15, -0.1) is 11.3 Å². The summed E-state index contributed by atoms with van der Waals surface area (Å²) in [5.41, 5.74) is 7.47. The van der Waals surface area contributed by atoms with Gasteiger partial charge < -0.3 is 10.5 Å². The first-order valence-corrected chi connectivity index (χ1v) is 7.39. The van der Waals surface area contributed by atoms with E-state index in [1.165, 1.54) is 12.1 Å². The number of ether oxygens (including phenoxy) is 1. The molecule has 2 rings (SSSR count). The van der Waals surface area contributed by atoms with Crippen molar-refractivity contribution in [2.45, 2.75) is 12.8 Å². The van der Waals surface area contributed by atoms with Crippen molar-refractivity contribution in [1.82, 2.24) is 4.98 Å². The first-order chi connectivity index (χ1) is 10.2. The van der Waals surface area contributed by atoms with Crippen molar-refractivity contribution in [3.8, 4) is 11.3 Å². The second kappa shape index (κ2) is 7.26. The van der Waals surface area contributed by atoms with Crippen LogP contribution in [-0.2, 0) is 17.6 Å². The zero-order valence-electron chi connectivity index (χ0n) is 11.7. The van der Waals surface area contributed by atoms with Crippen LogP contribution in [0.4, 0.5) is 5.69 Å². The van der Waals surface area contributed by atoms with Gasteiger partial charge in [-0.3, -0.25) is 10.1 Å². The first kappa shape index (κ1) is 15.6. The van der Waals surface area contributed by atoms with Crippen LogP contribution >= 0.6 is 11.3 Å². The zero-order valence-corrected chi connectivity index (χ0v) is 12.6. The molecule has 0 unspecified atom stereocenters. The van der Waals surface area contributed by atoms with Gasteiger partial charge in [-0.05, 0) is 25.1 Å². The van der Waals surface area contributed by atoms with Gasteiger partial charge in [0.25, 0.3) is 5.69 Å². The SMILES string of the molecule is COCCc1nc(-c2ccc([N+](=O)[O-])cc2)c(CCN)s1. The molecule has 6 nitrogen and oxygen atoms in total. The summed E-state index contributed by atoms with van der Waals surface area (Å²) in [6.07, 6.45) is 1.50. The molecule has 1 aromatic carbocycles. The van der Waals surface area contributed by atoms with E-state index >= 15 is 0 Å². The van der Waals surface area contributed by atoms with E-state index < -0.39 is 4.92 Å². The number of aromatic nitrogens is 1. The summed E-state index contributed by atoms with van der Waals surface area (Å²) in [5.74, 6) is 0. The third-order valence-electron chi connectivity index (χ3n) is 2.98. The average molecular weight is 307 g/mol. The number of nitro groups is 1. The van der Waals surface area contributed by atoms with Crippen molar-refractivity contribution >= 4 is 17.0 Å². The molecule has 0 aliphatic heterocycles. The highest BCUT2D eigenvalue weighted by Crippen LogP contribution is 2.30. The molecule has 0 saturated carbocycles. The van der Waals surface area contributed by atoms with Crippen LogP contribution in [0.5, 0.6) is 0 Å². The smallest absolute Gasteiger partial charge is 0.269 e. The monoisotopic (exact) mass is 307 g/mol. The molecule has 0 atom stereocenters. The highest BCUT2D eigenvalue weighted by atomic mass is 32.1. The van der Waals surface area contributed by atoms with E-state index in [0.717, 1.165) is 34.0 Å². The van der Waals surface area contributed by atoms with Crippen LogP contribution in [-0.4, -0.2) is 30.2 Å². The molecule has 21 heavy (non-hydrogen) atoms. The Hall–Kier alpha value is -1.83. The summed E-state index contributed by atoms with van der Waals surface area (Å²) in [6.45, 7) is 1.17. The molecule has 2 N–H and O–H groups in total. The molecule has 112 valence electrons. The maximum atomic E-state index is 10.7. The summed E-state index contributed by atoms with van der Waals surface area (Å²) in [7, 11) is 1.66. The Labute approximate surface area is 126 Å². The van der Waals surface area contributed by atoms with Crippen molar-refractivity contribution in [3.05, 3.63) is 44.3 Å². The summed E-state index contributed by atoms with van der Waals surface area (Å²) in [6, 6.07) is 6.45. The quantitative estimate of drug-likeness (QED) is 0.626. The van der Waals surface area contributed by atoms with E-state index in [0.29, 0.717) is 13.2 Å². The van der Waals surface area contributed by atoms with Gasteiger partial charge in [-0.1, -0.05) is 0 Å². The predicted octanol–water partition coefficient (Wildman–Crippen LogP) is 2.41. The minimum atomic E-state index is -0.407. The van der Waals surface area contributed by atoms with Crippen molar-refractivity contribution in [3.63, 3.8) is 0 Å². The van der Waals surface area contributed by atoms with Crippen LogP contribution in [0, 0.1) is 10.1 Å². The van der Waals surface area contributed by atoms with E-state index in [-0.39, 0.29) is 5.69 Å². The number of non-ortho nitro benzene ring substituents is 1. The maximum absolute atomic E-state index is 10.7. The van der Waals surface area contributed by atoms with Crippen molar-refractivity contribution in [2.75, 3.05) is 20.3 Å². The van der Waals surface area contributed by atoms with Gasteiger partial charge in [0.1, 0.15) is 0 Å². The Bertz CT molecular complexity index is 610. The van der Waals surface area contributed by atoms with Crippen LogP contribution in [0.15, 0.2) is 24.3 Å². The number of benzene rings is 1. The molecule has 0 fully saturated rings. The van der Waals surface area contributed by atoms with Crippen LogP contribution in [0.3, 0.4) is 0 Å². The maximum Gasteiger partial charge on any atom is 0.269 e. The van der Waals surface area contributed by atoms with E-state index in [9.17, 15) is 10.1 Å². The zero-order chi connectivity index (χ0) is 15.2. The van der Waals surface area contributed by atoms with E-state index in [1.54, 1.807) is 30.6 Å². The number of nitrogens with two attached hydrogens (primary N) is 1. The number of nitrogens with zero attached hydrogens (tertiary/aromatic N) is 2. The number of hydrogen-bond donors (Lipinski definition) is 1. The van der Waals surface area contributed by atoms with Crippen LogP contribution in [0.25, 0.3) is 11.3 Å². The highest BCUT2D eigenvalue weighted by molar-refractivity contribution is 7.12. The fraction of sp³-hybridized carbons (Fsp3) is 0.357. The van der Waals surface area contributed by atoms with Gasteiger partial charge in [-0.2, -0.15) is 0 Å². The predicted molar refractivity (Wildman–Crippen MR) is 82.5 cm³/mol. The largest absolute Gasteiger partial charge is 0.384 e. The molecule has 2 aromatic rings. The molecule has 7 heteroatoms. The van der Waals surface area contributed by atoms with Gasteiger partial charge in [0.05, 0.1) is 22.2 Å². The van der Waals surface area contributed by atoms with Crippen molar-refractivity contribution < 1.29 is 9.66 Å². The van der Waals surface area contributed by atoms with E-state index in [1.807, 2.05) is 0 Å². The lowest BCUT2D eigenvalue weighted by molar-refractivity contribution is -0.384. The Kier molecular flexibility index (Phi) is 5.38. The number of rotatable bonds is 7. The molecular weight excluding hydrogens is 290 g/mol. The summed E-state index contributed by atoms with van der Waals surface area (Å²) in [5, 5.41) is 11.7. The molecule has 0 bridgehead atoms. The van der Waals surface area contributed by atoms with Crippen LogP contribution in [0.1, 0.15) is 9.88 Å². The third kappa shape index (κ3) is 3.84. The molecule has 0 radical (unpaired) electrons. The molecule has 1 aromatic heterocycles. The van der Waals surface area contributed by atoms with Crippen molar-refractivity contribution in [1.29, 1.82) is 0 Å². The number of hydrogen-bond acceptors (Lipinski definition) is 6. The topological polar surface area (TPSA) is 91.3 Å². The minimum Gasteiger partial charge on any atom is -0.384 e. The van der Waals surface area contributed by atoms with Gasteiger partial charge in [-0.25, -0.2) is 4.98 Å². The molecule has 0 aliphatic carbocycles. The molecule has 0 aliphatic rings. The third-order valence-corrected chi connectivity index (χ3v) is 4.16. The second-order valence-electron chi connectivity index (χ2n) is 4.46. The molecule has 0 amide bonds. The van der Waals surface area contributed by atoms with Gasteiger partial charge in [0, 0.05) is 36.1 Å². The van der Waals surface area contributed by atoms with E-state index in [4.69, 9.17) is 10.5 Å². The fourth-order valence-corrected chi connectivity index (χ4v) is 3.05. The van der Waals surface area contributed by atoms with Gasteiger partial charge >= 0.3 is 0 Å². The number of methoxy groups -OCH3 is 1. The molecule has 0 saturated heterocycles. The van der Waals surface area contributed by atoms with Crippen LogP contribution < -0.4 is 5.73 Å². The normalized spacial score (nSPS) is 10.8. The number of thiazole rings is 1. The lowest BCUT2D eigenvalue weighted by Gasteiger charge is -2.01. The van der Waals surface area contributed by atoms with E-state index in [2.05, 4.69) is 4.98 Å². The first-order valence-electron chi connectivity index (χ1n) is 6.58. The Balaban J connectivity index is 2.31. The average Bonchev–Trinajstić information content (AvgIpc) is 2.88.